The molecule has 3 amide bonds. The number of rotatable bonds is 4. The van der Waals surface area contributed by atoms with Gasteiger partial charge in [-0.1, -0.05) is 48.5 Å². The number of nitrogens with zero attached hydrogens (tertiary/aromatic N) is 2. The van der Waals surface area contributed by atoms with Gasteiger partial charge in [0, 0.05) is 32.2 Å². The van der Waals surface area contributed by atoms with Crippen LogP contribution in [-0.2, 0) is 4.79 Å². The molecule has 4 rings (SSSR count). The van der Waals surface area contributed by atoms with Crippen LogP contribution in [0.2, 0.25) is 0 Å². The van der Waals surface area contributed by atoms with Crippen molar-refractivity contribution in [3.8, 4) is 11.1 Å². The van der Waals surface area contributed by atoms with E-state index in [1.807, 2.05) is 43.0 Å². The second-order valence-corrected chi connectivity index (χ2v) is 8.04. The highest BCUT2D eigenvalue weighted by molar-refractivity contribution is 5.83. The van der Waals surface area contributed by atoms with E-state index in [9.17, 15) is 9.59 Å². The molecule has 2 aliphatic rings. The minimum absolute atomic E-state index is 0.0390. The molecule has 6 nitrogen and oxygen atoms in total. The topological polar surface area (TPSA) is 64.7 Å². The van der Waals surface area contributed by atoms with Gasteiger partial charge in [0.2, 0.25) is 5.91 Å². The summed E-state index contributed by atoms with van der Waals surface area (Å²) in [6, 6.07) is 16.5. The Balaban J connectivity index is 1.38. The van der Waals surface area contributed by atoms with Crippen molar-refractivity contribution in [3.05, 3.63) is 59.7 Å². The van der Waals surface area contributed by atoms with E-state index in [2.05, 4.69) is 39.8 Å². The molecule has 0 atom stereocenters. The average molecular weight is 393 g/mol. The molecule has 0 spiro atoms. The summed E-state index contributed by atoms with van der Waals surface area (Å²) in [6.45, 7) is 6.96. The van der Waals surface area contributed by atoms with Crippen LogP contribution in [0.4, 0.5) is 4.79 Å². The van der Waals surface area contributed by atoms with Crippen LogP contribution in [0.3, 0.4) is 0 Å². The van der Waals surface area contributed by atoms with Crippen molar-refractivity contribution in [2.45, 2.75) is 25.9 Å². The van der Waals surface area contributed by atoms with Crippen LogP contribution in [0, 0.1) is 0 Å². The maximum atomic E-state index is 13.0. The van der Waals surface area contributed by atoms with Gasteiger partial charge in [0.15, 0.2) is 0 Å². The molecule has 1 aliphatic heterocycles. The summed E-state index contributed by atoms with van der Waals surface area (Å²) in [4.78, 5) is 28.9. The average Bonchev–Trinajstić information content (AvgIpc) is 3.02. The molecule has 1 aliphatic carbocycles. The summed E-state index contributed by atoms with van der Waals surface area (Å²) in [5.74, 6) is 0.0390. The minimum Gasteiger partial charge on any atom is -0.353 e. The Morgan fingerprint density at radius 3 is 2.03 bits per heavy atom. The molecule has 0 saturated carbocycles. The number of amides is 3. The van der Waals surface area contributed by atoms with Crippen molar-refractivity contribution in [1.82, 2.24) is 20.4 Å². The van der Waals surface area contributed by atoms with Gasteiger partial charge in [0.1, 0.15) is 0 Å². The molecule has 0 aromatic heterocycles. The number of carbonyl (C=O) groups is 2. The van der Waals surface area contributed by atoms with Crippen molar-refractivity contribution >= 4 is 11.9 Å². The fourth-order valence-corrected chi connectivity index (χ4v) is 4.21. The first-order valence-corrected chi connectivity index (χ1v) is 10.3. The number of hydrogen-bond acceptors (Lipinski definition) is 3. The fraction of sp³-hybridized carbons (Fsp3) is 0.391. The molecule has 29 heavy (non-hydrogen) atoms. The maximum absolute atomic E-state index is 13.0. The number of carbonyl (C=O) groups excluding carboxylic acids is 2. The second-order valence-electron chi connectivity index (χ2n) is 8.04. The molecular weight excluding hydrogens is 364 g/mol. The molecule has 6 heteroatoms. The van der Waals surface area contributed by atoms with Crippen molar-refractivity contribution in [3.63, 3.8) is 0 Å². The number of fused-ring (bicyclic) bond motifs is 3. The predicted octanol–water partition coefficient (Wildman–Crippen LogP) is 2.61. The van der Waals surface area contributed by atoms with Gasteiger partial charge in [-0.2, -0.15) is 0 Å². The number of nitrogens with one attached hydrogen (secondary N) is 2. The fourth-order valence-electron chi connectivity index (χ4n) is 4.21. The van der Waals surface area contributed by atoms with Gasteiger partial charge in [-0.3, -0.25) is 9.69 Å². The Hall–Kier alpha value is -2.86. The number of hydrogen-bond donors (Lipinski definition) is 2. The zero-order chi connectivity index (χ0) is 20.4. The van der Waals surface area contributed by atoms with E-state index in [4.69, 9.17) is 0 Å². The van der Waals surface area contributed by atoms with E-state index in [-0.39, 0.29) is 24.0 Å². The Labute approximate surface area is 171 Å². The standard InChI is InChI=1S/C23H28N4O2/c1-16(2)24-21(28)15-26-11-13-27(14-12-26)23(29)25-22-19-9-5-3-7-17(19)18-8-4-6-10-20(18)22/h3-10,16,22H,11-15H2,1-2H3,(H,24,28)(H,25,29). The zero-order valence-electron chi connectivity index (χ0n) is 17.0. The quantitative estimate of drug-likeness (QED) is 0.841. The molecule has 0 bridgehead atoms. The van der Waals surface area contributed by atoms with Crippen LogP contribution >= 0.6 is 0 Å². The number of piperazine rings is 1. The summed E-state index contributed by atoms with van der Waals surface area (Å²) in [6.07, 6.45) is 0. The zero-order valence-corrected chi connectivity index (χ0v) is 17.0. The molecule has 0 unspecified atom stereocenters. The maximum Gasteiger partial charge on any atom is 0.318 e. The summed E-state index contributed by atoms with van der Waals surface area (Å²) in [5.41, 5.74) is 4.67. The molecule has 152 valence electrons. The summed E-state index contributed by atoms with van der Waals surface area (Å²) in [7, 11) is 0. The van der Waals surface area contributed by atoms with Crippen LogP contribution in [0.5, 0.6) is 0 Å². The second kappa shape index (κ2) is 8.25. The number of benzene rings is 2. The first-order chi connectivity index (χ1) is 14.0. The summed E-state index contributed by atoms with van der Waals surface area (Å²) in [5, 5.41) is 6.15. The lowest BCUT2D eigenvalue weighted by Gasteiger charge is -2.35. The first kappa shape index (κ1) is 19.5. The SMILES string of the molecule is CC(C)NC(=O)CN1CCN(C(=O)NC2c3ccccc3-c3ccccc32)CC1. The normalized spacial score (nSPS) is 16.4. The van der Waals surface area contributed by atoms with Gasteiger partial charge in [0.25, 0.3) is 0 Å². The Morgan fingerprint density at radius 1 is 0.931 bits per heavy atom. The largest absolute Gasteiger partial charge is 0.353 e. The molecule has 2 aromatic carbocycles. The summed E-state index contributed by atoms with van der Waals surface area (Å²) >= 11 is 0. The lowest BCUT2D eigenvalue weighted by Crippen LogP contribution is -2.54. The first-order valence-electron chi connectivity index (χ1n) is 10.3. The highest BCUT2D eigenvalue weighted by atomic mass is 16.2. The van der Waals surface area contributed by atoms with Gasteiger partial charge < -0.3 is 15.5 Å². The van der Waals surface area contributed by atoms with Gasteiger partial charge in [-0.15, -0.1) is 0 Å². The lowest BCUT2D eigenvalue weighted by molar-refractivity contribution is -0.123. The third kappa shape index (κ3) is 4.12. The Kier molecular flexibility index (Phi) is 5.53. The Bertz CT molecular complexity index is 858. The molecule has 2 aromatic rings. The van der Waals surface area contributed by atoms with E-state index in [1.54, 1.807) is 0 Å². The monoisotopic (exact) mass is 392 g/mol. The molecule has 1 saturated heterocycles. The van der Waals surface area contributed by atoms with Gasteiger partial charge in [-0.05, 0) is 36.1 Å². The summed E-state index contributed by atoms with van der Waals surface area (Å²) < 4.78 is 0. The van der Waals surface area contributed by atoms with Crippen LogP contribution in [0.15, 0.2) is 48.5 Å². The van der Waals surface area contributed by atoms with Gasteiger partial charge in [0.05, 0.1) is 12.6 Å². The van der Waals surface area contributed by atoms with Crippen LogP contribution in [0.1, 0.15) is 31.0 Å². The highest BCUT2D eigenvalue weighted by Gasteiger charge is 2.31. The number of urea groups is 1. The minimum atomic E-state index is -0.121. The predicted molar refractivity (Wildman–Crippen MR) is 114 cm³/mol. The van der Waals surface area contributed by atoms with Crippen LogP contribution in [0.25, 0.3) is 11.1 Å². The van der Waals surface area contributed by atoms with E-state index < -0.39 is 0 Å². The van der Waals surface area contributed by atoms with E-state index in [0.717, 1.165) is 11.1 Å². The molecule has 2 N–H and O–H groups in total. The smallest absolute Gasteiger partial charge is 0.318 e. The lowest BCUT2D eigenvalue weighted by atomic mass is 10.1. The molecular formula is C23H28N4O2. The third-order valence-electron chi connectivity index (χ3n) is 5.58. The van der Waals surface area contributed by atoms with Crippen molar-refractivity contribution < 1.29 is 9.59 Å². The third-order valence-corrected chi connectivity index (χ3v) is 5.58. The van der Waals surface area contributed by atoms with E-state index >= 15 is 0 Å². The molecule has 1 heterocycles. The van der Waals surface area contributed by atoms with E-state index in [0.29, 0.717) is 32.7 Å². The molecule has 0 radical (unpaired) electrons. The van der Waals surface area contributed by atoms with Crippen LogP contribution in [-0.4, -0.2) is 60.5 Å². The van der Waals surface area contributed by atoms with Crippen molar-refractivity contribution in [2.75, 3.05) is 32.7 Å². The van der Waals surface area contributed by atoms with Crippen molar-refractivity contribution in [2.24, 2.45) is 0 Å². The van der Waals surface area contributed by atoms with Crippen LogP contribution < -0.4 is 10.6 Å². The van der Waals surface area contributed by atoms with Gasteiger partial charge >= 0.3 is 6.03 Å². The van der Waals surface area contributed by atoms with Gasteiger partial charge in [-0.25, -0.2) is 4.79 Å². The van der Waals surface area contributed by atoms with Crippen molar-refractivity contribution in [1.29, 1.82) is 0 Å². The highest BCUT2D eigenvalue weighted by Crippen LogP contribution is 2.43. The Morgan fingerprint density at radius 2 is 1.48 bits per heavy atom. The van der Waals surface area contributed by atoms with E-state index in [1.165, 1.54) is 11.1 Å². The molecule has 1 fully saturated rings.